The summed E-state index contributed by atoms with van der Waals surface area (Å²) in [5, 5.41) is 6.08. The summed E-state index contributed by atoms with van der Waals surface area (Å²) >= 11 is 0. The quantitative estimate of drug-likeness (QED) is 0.178. The van der Waals surface area contributed by atoms with Crippen LogP contribution in [0.2, 0.25) is 0 Å². The molecule has 0 unspecified atom stereocenters. The molecule has 0 aromatic heterocycles. The third kappa shape index (κ3) is 12.2. The number of nitrogens with one attached hydrogen (secondary N) is 2. The Morgan fingerprint density at radius 1 is 0.889 bits per heavy atom. The second-order valence-electron chi connectivity index (χ2n) is 14.7. The highest BCUT2D eigenvalue weighted by atomic mass is 16.6. The van der Waals surface area contributed by atoms with E-state index in [-0.39, 0.29) is 24.4 Å². The molecule has 0 aliphatic rings. The Balaban J connectivity index is 3.53. The van der Waals surface area contributed by atoms with E-state index in [1.165, 1.54) is 4.90 Å². The highest BCUT2D eigenvalue weighted by Gasteiger charge is 2.45. The van der Waals surface area contributed by atoms with Gasteiger partial charge >= 0.3 is 12.1 Å². The van der Waals surface area contributed by atoms with Crippen molar-refractivity contribution in [3.05, 3.63) is 47.5 Å². The van der Waals surface area contributed by atoms with Crippen molar-refractivity contribution >= 4 is 23.9 Å². The standard InChI is InChI=1S/C36H59N3O6/c1-14-16-20-25(32(42)44-15-2)23-27(24(3)4)37-30(40)28(34(5,6)7)38-31(41)29(39(13)33(43)45-35(8,9)10)36(11,12)26-21-18-17-19-22-26/h17-19,21-24,27-29H,14-16,20H2,1-13H3,(H,37,40)(H,38,41)/b25-23+/t27-,28-,29-/m1/s1. The maximum absolute atomic E-state index is 14.3. The zero-order valence-corrected chi connectivity index (χ0v) is 30.0. The predicted molar refractivity (Wildman–Crippen MR) is 180 cm³/mol. The maximum atomic E-state index is 14.3. The Morgan fingerprint density at radius 2 is 1.47 bits per heavy atom. The number of carbonyl (C=O) groups is 4. The average molecular weight is 630 g/mol. The minimum absolute atomic E-state index is 0.0422. The molecule has 45 heavy (non-hydrogen) atoms. The monoisotopic (exact) mass is 629 g/mol. The summed E-state index contributed by atoms with van der Waals surface area (Å²) in [6.07, 6.45) is 3.41. The minimum atomic E-state index is -1.02. The van der Waals surface area contributed by atoms with Crippen LogP contribution < -0.4 is 10.6 Å². The summed E-state index contributed by atoms with van der Waals surface area (Å²) < 4.78 is 10.9. The Morgan fingerprint density at radius 3 is 1.93 bits per heavy atom. The third-order valence-corrected chi connectivity index (χ3v) is 7.68. The van der Waals surface area contributed by atoms with E-state index in [0.29, 0.717) is 12.0 Å². The van der Waals surface area contributed by atoms with Crippen molar-refractivity contribution in [3.63, 3.8) is 0 Å². The first kappa shape index (κ1) is 39.7. The van der Waals surface area contributed by atoms with Gasteiger partial charge in [-0.1, -0.05) is 98.2 Å². The van der Waals surface area contributed by atoms with Crippen LogP contribution in [0, 0.1) is 11.3 Å². The zero-order valence-electron chi connectivity index (χ0n) is 30.0. The normalized spacial score (nSPS) is 14.7. The molecule has 0 saturated heterocycles. The lowest BCUT2D eigenvalue weighted by atomic mass is 9.76. The number of esters is 1. The van der Waals surface area contributed by atoms with Gasteiger partial charge < -0.3 is 20.1 Å². The van der Waals surface area contributed by atoms with Crippen LogP contribution in [0.15, 0.2) is 42.0 Å². The van der Waals surface area contributed by atoms with Crippen LogP contribution in [0.1, 0.15) is 108 Å². The van der Waals surface area contributed by atoms with Gasteiger partial charge in [-0.15, -0.1) is 0 Å². The first-order valence-electron chi connectivity index (χ1n) is 16.2. The summed E-state index contributed by atoms with van der Waals surface area (Å²) in [6, 6.07) is 7.04. The molecule has 0 aliphatic carbocycles. The molecule has 2 N–H and O–H groups in total. The van der Waals surface area contributed by atoms with Gasteiger partial charge in [-0.2, -0.15) is 0 Å². The van der Waals surface area contributed by atoms with Crippen molar-refractivity contribution in [2.24, 2.45) is 11.3 Å². The van der Waals surface area contributed by atoms with Crippen molar-refractivity contribution in [1.82, 2.24) is 15.5 Å². The molecule has 0 heterocycles. The Labute approximate surface area is 271 Å². The second-order valence-corrected chi connectivity index (χ2v) is 14.7. The number of nitrogens with zero attached hydrogens (tertiary/aromatic N) is 1. The zero-order chi connectivity index (χ0) is 34.8. The number of ether oxygens (including phenoxy) is 2. The van der Waals surface area contributed by atoms with Crippen LogP contribution in [-0.2, 0) is 29.3 Å². The lowest BCUT2D eigenvalue weighted by Gasteiger charge is -2.41. The van der Waals surface area contributed by atoms with E-state index in [1.54, 1.807) is 40.8 Å². The van der Waals surface area contributed by atoms with Gasteiger partial charge in [0.25, 0.3) is 0 Å². The number of amides is 3. The van der Waals surface area contributed by atoms with Crippen molar-refractivity contribution in [1.29, 1.82) is 0 Å². The summed E-state index contributed by atoms with van der Waals surface area (Å²) in [5.41, 5.74) is -0.940. The number of hydrogen-bond donors (Lipinski definition) is 2. The van der Waals surface area contributed by atoms with Gasteiger partial charge in [0.2, 0.25) is 11.8 Å². The lowest BCUT2D eigenvalue weighted by Crippen LogP contribution is -2.63. The van der Waals surface area contributed by atoms with E-state index in [0.717, 1.165) is 18.4 Å². The molecule has 9 nitrogen and oxygen atoms in total. The van der Waals surface area contributed by atoms with E-state index in [9.17, 15) is 19.2 Å². The third-order valence-electron chi connectivity index (χ3n) is 7.68. The maximum Gasteiger partial charge on any atom is 0.410 e. The van der Waals surface area contributed by atoms with E-state index >= 15 is 0 Å². The smallest absolute Gasteiger partial charge is 0.410 e. The highest BCUT2D eigenvalue weighted by Crippen LogP contribution is 2.32. The minimum Gasteiger partial charge on any atom is -0.463 e. The number of benzene rings is 1. The molecular weight excluding hydrogens is 570 g/mol. The van der Waals surface area contributed by atoms with Crippen LogP contribution in [0.4, 0.5) is 4.79 Å². The Hall–Kier alpha value is -3.36. The Bertz CT molecular complexity index is 1160. The van der Waals surface area contributed by atoms with Crippen molar-refractivity contribution in [3.8, 4) is 0 Å². The number of likely N-dealkylation sites (N-methyl/N-ethyl adjacent to an activating group) is 1. The van der Waals surface area contributed by atoms with Gasteiger partial charge in [0, 0.05) is 18.0 Å². The van der Waals surface area contributed by atoms with E-state index in [4.69, 9.17) is 9.47 Å². The van der Waals surface area contributed by atoms with Crippen LogP contribution >= 0.6 is 0 Å². The van der Waals surface area contributed by atoms with Crippen LogP contribution in [-0.4, -0.2) is 66.2 Å². The molecule has 3 amide bonds. The molecular formula is C36H59N3O6. The highest BCUT2D eigenvalue weighted by molar-refractivity contribution is 5.93. The number of carbonyl (C=O) groups excluding carboxylic acids is 4. The topological polar surface area (TPSA) is 114 Å². The summed E-state index contributed by atoms with van der Waals surface area (Å²) in [5.74, 6) is -1.30. The van der Waals surface area contributed by atoms with Crippen LogP contribution in [0.25, 0.3) is 0 Å². The molecule has 3 atom stereocenters. The number of rotatable bonds is 14. The van der Waals surface area contributed by atoms with Gasteiger partial charge in [-0.25, -0.2) is 9.59 Å². The summed E-state index contributed by atoms with van der Waals surface area (Å²) in [7, 11) is 1.54. The molecule has 1 rings (SSSR count). The van der Waals surface area contributed by atoms with E-state index in [1.807, 2.05) is 85.7 Å². The lowest BCUT2D eigenvalue weighted by molar-refractivity contribution is -0.138. The van der Waals surface area contributed by atoms with Gasteiger partial charge in [0.1, 0.15) is 17.7 Å². The molecule has 0 radical (unpaired) electrons. The Kier molecular flexibility index (Phi) is 14.8. The molecule has 0 aliphatic heterocycles. The van der Waals surface area contributed by atoms with Gasteiger partial charge in [0.15, 0.2) is 0 Å². The SMILES string of the molecule is CCCC/C(=C\[C@@H](NC(=O)[C@@H](NC(=O)[C@@H](N(C)C(=O)OC(C)(C)C)C(C)(C)c1ccccc1)C(C)(C)C)C(C)C)C(=O)OCC. The largest absolute Gasteiger partial charge is 0.463 e. The van der Waals surface area contributed by atoms with E-state index < -0.39 is 46.6 Å². The van der Waals surface area contributed by atoms with Crippen LogP contribution in [0.5, 0.6) is 0 Å². The molecule has 254 valence electrons. The molecule has 1 aromatic carbocycles. The molecule has 1 aromatic rings. The summed E-state index contributed by atoms with van der Waals surface area (Å²) in [6.45, 7) is 22.7. The first-order chi connectivity index (χ1) is 20.7. The number of hydrogen-bond acceptors (Lipinski definition) is 6. The fourth-order valence-corrected chi connectivity index (χ4v) is 5.06. The average Bonchev–Trinajstić information content (AvgIpc) is 2.92. The van der Waals surface area contributed by atoms with Gasteiger partial charge in [-0.05, 0) is 57.4 Å². The van der Waals surface area contributed by atoms with Gasteiger partial charge in [0.05, 0.1) is 12.6 Å². The van der Waals surface area contributed by atoms with Gasteiger partial charge in [-0.3, -0.25) is 14.5 Å². The van der Waals surface area contributed by atoms with Crippen LogP contribution in [0.3, 0.4) is 0 Å². The molecule has 9 heteroatoms. The van der Waals surface area contributed by atoms with Crippen molar-refractivity contribution < 1.29 is 28.7 Å². The molecule has 0 fully saturated rings. The molecule has 0 saturated carbocycles. The first-order valence-corrected chi connectivity index (χ1v) is 16.2. The number of unbranched alkanes of at least 4 members (excludes halogenated alkanes) is 1. The second kappa shape index (κ2) is 16.8. The van der Waals surface area contributed by atoms with Crippen molar-refractivity contribution in [2.45, 2.75) is 131 Å². The fourth-order valence-electron chi connectivity index (χ4n) is 5.06. The molecule has 0 bridgehead atoms. The van der Waals surface area contributed by atoms with E-state index in [2.05, 4.69) is 10.6 Å². The fraction of sp³-hybridized carbons (Fsp3) is 0.667. The molecule has 0 spiro atoms. The summed E-state index contributed by atoms with van der Waals surface area (Å²) in [4.78, 5) is 55.6. The predicted octanol–water partition coefficient (Wildman–Crippen LogP) is 6.55. The van der Waals surface area contributed by atoms with Crippen molar-refractivity contribution in [2.75, 3.05) is 13.7 Å².